The van der Waals surface area contributed by atoms with E-state index in [9.17, 15) is 4.39 Å². The number of hydrogen-bond donors (Lipinski definition) is 1. The molecule has 1 aromatic carbocycles. The third-order valence-corrected chi connectivity index (χ3v) is 4.51. The Labute approximate surface area is 121 Å². The first-order valence-corrected chi connectivity index (χ1v) is 7.63. The Bertz CT molecular complexity index is 442. The molecule has 1 aromatic rings. The highest BCUT2D eigenvalue weighted by Gasteiger charge is 2.32. The second kappa shape index (κ2) is 5.87. The Morgan fingerprint density at radius 1 is 1.26 bits per heavy atom. The van der Waals surface area contributed by atoms with Crippen molar-refractivity contribution in [2.45, 2.75) is 12.6 Å². The molecule has 0 bridgehead atoms. The van der Waals surface area contributed by atoms with Gasteiger partial charge in [-0.25, -0.2) is 4.39 Å². The van der Waals surface area contributed by atoms with Crippen LogP contribution in [0.4, 0.5) is 4.39 Å². The number of nitrogens with zero attached hydrogens (tertiary/aromatic N) is 2. The van der Waals surface area contributed by atoms with E-state index in [1.807, 2.05) is 12.1 Å². The number of nitrogens with one attached hydrogen (secondary N) is 1. The van der Waals surface area contributed by atoms with E-state index in [-0.39, 0.29) is 5.82 Å². The van der Waals surface area contributed by atoms with Crippen molar-refractivity contribution >= 4 is 15.9 Å². The van der Waals surface area contributed by atoms with Crippen molar-refractivity contribution in [2.75, 3.05) is 39.3 Å². The number of halogens is 2. The van der Waals surface area contributed by atoms with Crippen LogP contribution in [0.5, 0.6) is 0 Å². The molecule has 0 atom stereocenters. The van der Waals surface area contributed by atoms with Crippen LogP contribution < -0.4 is 5.32 Å². The topological polar surface area (TPSA) is 18.5 Å². The van der Waals surface area contributed by atoms with E-state index in [1.165, 1.54) is 0 Å². The summed E-state index contributed by atoms with van der Waals surface area (Å²) in [6.07, 6.45) is 0. The number of likely N-dealkylation sites (tertiary alicyclic amines) is 1. The van der Waals surface area contributed by atoms with Gasteiger partial charge in [0, 0.05) is 61.9 Å². The summed E-state index contributed by atoms with van der Waals surface area (Å²) in [5.41, 5.74) is 0.793. The lowest BCUT2D eigenvalue weighted by molar-refractivity contribution is 0.0217. The maximum Gasteiger partial charge on any atom is 0.128 e. The molecule has 1 N–H and O–H groups in total. The molecular formula is C14H19BrFN3. The normalized spacial score (nSPS) is 22.4. The van der Waals surface area contributed by atoms with Crippen LogP contribution in [0.1, 0.15) is 5.56 Å². The largest absolute Gasteiger partial charge is 0.314 e. The average molecular weight is 328 g/mol. The fourth-order valence-electron chi connectivity index (χ4n) is 2.84. The lowest BCUT2D eigenvalue weighted by atomic mass is 10.0. The van der Waals surface area contributed by atoms with Crippen molar-refractivity contribution in [3.63, 3.8) is 0 Å². The molecule has 0 amide bonds. The van der Waals surface area contributed by atoms with E-state index in [1.54, 1.807) is 6.07 Å². The van der Waals surface area contributed by atoms with Gasteiger partial charge in [-0.3, -0.25) is 9.80 Å². The third kappa shape index (κ3) is 3.16. The third-order valence-electron chi connectivity index (χ3n) is 4.01. The highest BCUT2D eigenvalue weighted by atomic mass is 79.9. The Kier molecular flexibility index (Phi) is 4.17. The Morgan fingerprint density at radius 2 is 2.00 bits per heavy atom. The van der Waals surface area contributed by atoms with E-state index in [4.69, 9.17) is 0 Å². The van der Waals surface area contributed by atoms with E-state index in [2.05, 4.69) is 31.0 Å². The van der Waals surface area contributed by atoms with E-state index in [0.717, 1.165) is 55.8 Å². The van der Waals surface area contributed by atoms with Crippen molar-refractivity contribution in [1.82, 2.24) is 15.1 Å². The van der Waals surface area contributed by atoms with Crippen molar-refractivity contribution in [1.29, 1.82) is 0 Å². The van der Waals surface area contributed by atoms with Crippen molar-refractivity contribution in [2.24, 2.45) is 0 Å². The number of piperazine rings is 1. The first-order chi connectivity index (χ1) is 9.22. The molecule has 104 valence electrons. The molecule has 0 aromatic heterocycles. The summed E-state index contributed by atoms with van der Waals surface area (Å²) in [5.74, 6) is -0.111. The highest BCUT2D eigenvalue weighted by molar-refractivity contribution is 9.10. The van der Waals surface area contributed by atoms with Crippen LogP contribution in [0.3, 0.4) is 0 Å². The van der Waals surface area contributed by atoms with Crippen molar-refractivity contribution in [3.8, 4) is 0 Å². The fraction of sp³-hybridized carbons (Fsp3) is 0.571. The summed E-state index contributed by atoms with van der Waals surface area (Å²) in [6.45, 7) is 7.33. The lowest BCUT2D eigenvalue weighted by Gasteiger charge is -2.46. The molecule has 2 fully saturated rings. The summed E-state index contributed by atoms with van der Waals surface area (Å²) < 4.78 is 14.5. The predicted molar refractivity (Wildman–Crippen MR) is 77.6 cm³/mol. The van der Waals surface area contributed by atoms with Crippen LogP contribution in [0.2, 0.25) is 0 Å². The van der Waals surface area contributed by atoms with E-state index >= 15 is 0 Å². The van der Waals surface area contributed by atoms with Crippen LogP contribution in [0.25, 0.3) is 0 Å². The summed E-state index contributed by atoms with van der Waals surface area (Å²) in [6, 6.07) is 5.99. The summed E-state index contributed by atoms with van der Waals surface area (Å²) in [5, 5.41) is 3.37. The van der Waals surface area contributed by atoms with Crippen LogP contribution in [0, 0.1) is 5.82 Å². The van der Waals surface area contributed by atoms with Gasteiger partial charge < -0.3 is 5.32 Å². The smallest absolute Gasteiger partial charge is 0.128 e. The molecule has 3 rings (SSSR count). The Morgan fingerprint density at radius 3 is 2.68 bits per heavy atom. The van der Waals surface area contributed by atoms with Gasteiger partial charge in [0.05, 0.1) is 0 Å². The molecular weight excluding hydrogens is 309 g/mol. The van der Waals surface area contributed by atoms with Crippen LogP contribution in [0.15, 0.2) is 22.7 Å². The van der Waals surface area contributed by atoms with E-state index < -0.39 is 0 Å². The summed E-state index contributed by atoms with van der Waals surface area (Å²) in [4.78, 5) is 4.87. The average Bonchev–Trinajstić information content (AvgIpc) is 2.36. The maximum atomic E-state index is 13.7. The van der Waals surface area contributed by atoms with Crippen LogP contribution in [-0.4, -0.2) is 55.1 Å². The zero-order chi connectivity index (χ0) is 13.2. The second-order valence-electron chi connectivity index (χ2n) is 5.37. The minimum atomic E-state index is -0.111. The first-order valence-electron chi connectivity index (χ1n) is 6.83. The zero-order valence-corrected chi connectivity index (χ0v) is 12.5. The van der Waals surface area contributed by atoms with Gasteiger partial charge in [-0.15, -0.1) is 0 Å². The molecule has 19 heavy (non-hydrogen) atoms. The lowest BCUT2D eigenvalue weighted by Crippen LogP contribution is -2.62. The maximum absolute atomic E-state index is 13.7. The Hall–Kier alpha value is -0.490. The molecule has 0 saturated carbocycles. The van der Waals surface area contributed by atoms with Crippen molar-refractivity contribution in [3.05, 3.63) is 34.1 Å². The molecule has 0 aliphatic carbocycles. The van der Waals surface area contributed by atoms with Gasteiger partial charge in [-0.05, 0) is 12.1 Å². The Balaban J connectivity index is 1.50. The molecule has 2 aliphatic rings. The number of hydrogen-bond acceptors (Lipinski definition) is 3. The summed E-state index contributed by atoms with van der Waals surface area (Å²) in [7, 11) is 0. The number of rotatable bonds is 3. The van der Waals surface area contributed by atoms with Gasteiger partial charge in [-0.1, -0.05) is 22.0 Å². The molecule has 0 unspecified atom stereocenters. The molecule has 3 nitrogen and oxygen atoms in total. The van der Waals surface area contributed by atoms with Gasteiger partial charge >= 0.3 is 0 Å². The fourth-order valence-corrected chi connectivity index (χ4v) is 3.17. The van der Waals surface area contributed by atoms with Crippen LogP contribution in [-0.2, 0) is 6.54 Å². The zero-order valence-electron chi connectivity index (χ0n) is 10.9. The minimum Gasteiger partial charge on any atom is -0.314 e. The van der Waals surface area contributed by atoms with Crippen LogP contribution >= 0.6 is 15.9 Å². The van der Waals surface area contributed by atoms with Gasteiger partial charge in [0.25, 0.3) is 0 Å². The predicted octanol–water partition coefficient (Wildman–Crippen LogP) is 1.68. The molecule has 0 spiro atoms. The molecule has 2 aliphatic heterocycles. The van der Waals surface area contributed by atoms with Gasteiger partial charge in [0.1, 0.15) is 5.82 Å². The van der Waals surface area contributed by atoms with Gasteiger partial charge in [-0.2, -0.15) is 0 Å². The SMILES string of the molecule is Fc1cc(Br)ccc1CN1CC(N2CCNCC2)C1. The van der Waals surface area contributed by atoms with Crippen molar-refractivity contribution < 1.29 is 4.39 Å². The first kappa shape index (κ1) is 13.5. The highest BCUT2D eigenvalue weighted by Crippen LogP contribution is 2.21. The van der Waals surface area contributed by atoms with Gasteiger partial charge in [0.15, 0.2) is 0 Å². The molecule has 0 radical (unpaired) electrons. The molecule has 2 heterocycles. The minimum absolute atomic E-state index is 0.111. The van der Waals surface area contributed by atoms with E-state index in [0.29, 0.717) is 6.04 Å². The monoisotopic (exact) mass is 327 g/mol. The summed E-state index contributed by atoms with van der Waals surface area (Å²) >= 11 is 3.29. The van der Waals surface area contributed by atoms with Gasteiger partial charge in [0.2, 0.25) is 0 Å². The number of benzene rings is 1. The second-order valence-corrected chi connectivity index (χ2v) is 6.29. The quantitative estimate of drug-likeness (QED) is 0.911. The molecule has 5 heteroatoms. The standard InChI is InChI=1S/C14H19BrFN3/c15-12-2-1-11(14(16)7-12)8-18-9-13(10-18)19-5-3-17-4-6-19/h1-2,7,13,17H,3-6,8-10H2. The molecule has 2 saturated heterocycles.